The van der Waals surface area contributed by atoms with Crippen molar-refractivity contribution in [1.82, 2.24) is 5.32 Å². The summed E-state index contributed by atoms with van der Waals surface area (Å²) in [4.78, 5) is 12.0. The second-order valence-electron chi connectivity index (χ2n) is 5.00. The van der Waals surface area contributed by atoms with E-state index in [1.807, 2.05) is 12.1 Å². The highest BCUT2D eigenvalue weighted by molar-refractivity contribution is 5.80. The first-order chi connectivity index (χ1) is 11.6. The largest absolute Gasteiger partial charge is 0.493 e. The van der Waals surface area contributed by atoms with Gasteiger partial charge in [0, 0.05) is 0 Å². The minimum Gasteiger partial charge on any atom is -0.493 e. The fraction of sp³-hybridized carbons (Fsp3) is 0.278. The van der Waals surface area contributed by atoms with E-state index in [4.69, 9.17) is 14.2 Å². The van der Waals surface area contributed by atoms with Crippen LogP contribution in [0.1, 0.15) is 6.92 Å². The molecule has 5 nitrogen and oxygen atoms in total. The Bertz CT molecular complexity index is 660. The molecule has 1 atom stereocenters. The zero-order valence-electron chi connectivity index (χ0n) is 13.6. The summed E-state index contributed by atoms with van der Waals surface area (Å²) in [6.07, 6.45) is -0.693. The fourth-order valence-corrected chi connectivity index (χ4v) is 1.99. The third-order valence-electron chi connectivity index (χ3n) is 3.22. The molecule has 1 N–H and O–H groups in total. The molecular weight excluding hydrogens is 313 g/mol. The Kier molecular flexibility index (Phi) is 6.42. The van der Waals surface area contributed by atoms with E-state index in [9.17, 15) is 9.18 Å². The second-order valence-corrected chi connectivity index (χ2v) is 5.00. The summed E-state index contributed by atoms with van der Waals surface area (Å²) in [6.45, 7) is 2.25. The molecule has 1 amide bonds. The highest BCUT2D eigenvalue weighted by atomic mass is 19.1. The highest BCUT2D eigenvalue weighted by Crippen LogP contribution is 2.25. The van der Waals surface area contributed by atoms with Gasteiger partial charge in [-0.05, 0) is 43.3 Å². The molecule has 24 heavy (non-hydrogen) atoms. The third kappa shape index (κ3) is 5.15. The van der Waals surface area contributed by atoms with Gasteiger partial charge in [-0.3, -0.25) is 4.79 Å². The van der Waals surface area contributed by atoms with E-state index in [0.29, 0.717) is 30.4 Å². The molecule has 0 spiro atoms. The zero-order chi connectivity index (χ0) is 17.4. The minimum atomic E-state index is -0.693. The summed E-state index contributed by atoms with van der Waals surface area (Å²) in [5.41, 5.74) is 0. The summed E-state index contributed by atoms with van der Waals surface area (Å²) in [6, 6.07) is 12.8. The van der Waals surface area contributed by atoms with E-state index in [0.717, 1.165) is 0 Å². The number of amides is 1. The van der Waals surface area contributed by atoms with Crippen LogP contribution in [0.25, 0.3) is 0 Å². The van der Waals surface area contributed by atoms with Crippen LogP contribution in [-0.2, 0) is 4.79 Å². The molecule has 0 aromatic heterocycles. The molecule has 6 heteroatoms. The number of halogens is 1. The first-order valence-corrected chi connectivity index (χ1v) is 7.56. The molecule has 0 radical (unpaired) electrons. The van der Waals surface area contributed by atoms with Gasteiger partial charge in [0.1, 0.15) is 18.2 Å². The summed E-state index contributed by atoms with van der Waals surface area (Å²) in [5, 5.41) is 2.72. The Morgan fingerprint density at radius 2 is 1.79 bits per heavy atom. The van der Waals surface area contributed by atoms with E-state index in [1.54, 1.807) is 26.2 Å². The minimum absolute atomic E-state index is 0.275. The number of hydrogen-bond acceptors (Lipinski definition) is 4. The Hall–Kier alpha value is -2.76. The first-order valence-electron chi connectivity index (χ1n) is 7.56. The normalized spacial score (nSPS) is 11.5. The van der Waals surface area contributed by atoms with E-state index in [-0.39, 0.29) is 11.7 Å². The molecule has 0 fully saturated rings. The van der Waals surface area contributed by atoms with Crippen LogP contribution in [0.4, 0.5) is 4.39 Å². The van der Waals surface area contributed by atoms with Crippen molar-refractivity contribution in [3.05, 3.63) is 54.3 Å². The Labute approximate surface area is 140 Å². The molecule has 0 bridgehead atoms. The molecule has 0 aliphatic rings. The van der Waals surface area contributed by atoms with Crippen LogP contribution >= 0.6 is 0 Å². The number of ether oxygens (including phenoxy) is 3. The molecule has 2 rings (SSSR count). The fourth-order valence-electron chi connectivity index (χ4n) is 1.99. The van der Waals surface area contributed by atoms with Crippen LogP contribution in [0.3, 0.4) is 0 Å². The van der Waals surface area contributed by atoms with E-state index in [2.05, 4.69) is 5.32 Å². The third-order valence-corrected chi connectivity index (χ3v) is 3.22. The lowest BCUT2D eigenvalue weighted by Crippen LogP contribution is -2.38. The Balaban J connectivity index is 1.73. The number of para-hydroxylation sites is 2. The van der Waals surface area contributed by atoms with Crippen LogP contribution in [0, 0.1) is 5.82 Å². The summed E-state index contributed by atoms with van der Waals surface area (Å²) in [7, 11) is 1.57. The van der Waals surface area contributed by atoms with E-state index < -0.39 is 6.10 Å². The molecule has 0 aliphatic heterocycles. The van der Waals surface area contributed by atoms with E-state index >= 15 is 0 Å². The monoisotopic (exact) mass is 333 g/mol. The van der Waals surface area contributed by atoms with Gasteiger partial charge in [-0.15, -0.1) is 0 Å². The molecule has 0 saturated carbocycles. The predicted molar refractivity (Wildman–Crippen MR) is 88.0 cm³/mol. The topological polar surface area (TPSA) is 56.8 Å². The van der Waals surface area contributed by atoms with Crippen molar-refractivity contribution in [2.24, 2.45) is 0 Å². The quantitative estimate of drug-likeness (QED) is 0.755. The maximum atomic E-state index is 12.8. The molecule has 0 aliphatic carbocycles. The number of methoxy groups -OCH3 is 1. The van der Waals surface area contributed by atoms with Crippen LogP contribution in [-0.4, -0.2) is 32.3 Å². The highest BCUT2D eigenvalue weighted by Gasteiger charge is 2.14. The maximum absolute atomic E-state index is 12.8. The molecule has 0 unspecified atom stereocenters. The van der Waals surface area contributed by atoms with Gasteiger partial charge in [0.25, 0.3) is 5.91 Å². The molecule has 2 aromatic carbocycles. The number of hydrogen-bond donors (Lipinski definition) is 1. The smallest absolute Gasteiger partial charge is 0.260 e. The predicted octanol–water partition coefficient (Wildman–Crippen LogP) is 2.80. The standard InChI is InChI=1S/C18H20FNO4/c1-13(24-15-9-7-14(19)8-10-15)18(21)20-11-12-23-17-6-4-3-5-16(17)22-2/h3-10,13H,11-12H2,1-2H3,(H,20,21)/t13-/m1/s1. The van der Waals surface area contributed by atoms with Crippen LogP contribution in [0.5, 0.6) is 17.2 Å². The number of rotatable bonds is 8. The molecular formula is C18H20FNO4. The van der Waals surface area contributed by atoms with Crippen LogP contribution in [0.2, 0.25) is 0 Å². The summed E-state index contributed by atoms with van der Waals surface area (Å²) in [5.74, 6) is 1.06. The van der Waals surface area contributed by atoms with Gasteiger partial charge >= 0.3 is 0 Å². The first kappa shape index (κ1) is 17.6. The average Bonchev–Trinajstić information content (AvgIpc) is 2.60. The van der Waals surface area contributed by atoms with Gasteiger partial charge in [0.2, 0.25) is 0 Å². The van der Waals surface area contributed by atoms with Crippen LogP contribution < -0.4 is 19.5 Å². The number of benzene rings is 2. The molecule has 128 valence electrons. The van der Waals surface area contributed by atoms with Gasteiger partial charge in [-0.2, -0.15) is 0 Å². The SMILES string of the molecule is COc1ccccc1OCCNC(=O)[C@@H](C)Oc1ccc(F)cc1. The van der Waals surface area contributed by atoms with Gasteiger partial charge in [0.05, 0.1) is 13.7 Å². The second kappa shape index (κ2) is 8.76. The Morgan fingerprint density at radius 1 is 1.12 bits per heavy atom. The average molecular weight is 333 g/mol. The van der Waals surface area contributed by atoms with Gasteiger partial charge in [-0.1, -0.05) is 12.1 Å². The Morgan fingerprint density at radius 3 is 2.46 bits per heavy atom. The molecule has 0 saturated heterocycles. The van der Waals surface area contributed by atoms with Gasteiger partial charge < -0.3 is 19.5 Å². The lowest BCUT2D eigenvalue weighted by Gasteiger charge is -2.15. The lowest BCUT2D eigenvalue weighted by atomic mass is 10.3. The van der Waals surface area contributed by atoms with Gasteiger partial charge in [-0.25, -0.2) is 4.39 Å². The van der Waals surface area contributed by atoms with Crippen molar-refractivity contribution in [3.63, 3.8) is 0 Å². The summed E-state index contributed by atoms with van der Waals surface area (Å²) < 4.78 is 29.0. The van der Waals surface area contributed by atoms with Crippen molar-refractivity contribution in [3.8, 4) is 17.2 Å². The van der Waals surface area contributed by atoms with Crippen molar-refractivity contribution < 1.29 is 23.4 Å². The molecule has 0 heterocycles. The number of carbonyl (C=O) groups is 1. The number of carbonyl (C=O) groups excluding carboxylic acids is 1. The zero-order valence-corrected chi connectivity index (χ0v) is 13.6. The molecule has 2 aromatic rings. The van der Waals surface area contributed by atoms with Crippen molar-refractivity contribution in [2.45, 2.75) is 13.0 Å². The van der Waals surface area contributed by atoms with E-state index in [1.165, 1.54) is 24.3 Å². The van der Waals surface area contributed by atoms with Crippen molar-refractivity contribution in [2.75, 3.05) is 20.3 Å². The summed E-state index contributed by atoms with van der Waals surface area (Å²) >= 11 is 0. The maximum Gasteiger partial charge on any atom is 0.260 e. The van der Waals surface area contributed by atoms with Gasteiger partial charge in [0.15, 0.2) is 17.6 Å². The van der Waals surface area contributed by atoms with Crippen molar-refractivity contribution in [1.29, 1.82) is 0 Å². The lowest BCUT2D eigenvalue weighted by molar-refractivity contribution is -0.127. The number of nitrogens with one attached hydrogen (secondary N) is 1. The van der Waals surface area contributed by atoms with Crippen LogP contribution in [0.15, 0.2) is 48.5 Å². The van der Waals surface area contributed by atoms with Crippen molar-refractivity contribution >= 4 is 5.91 Å².